The quantitative estimate of drug-likeness (QED) is 0.799. The molecule has 1 heterocycles. The molecule has 20 heavy (non-hydrogen) atoms. The minimum Gasteiger partial charge on any atom is -0.489 e. The van der Waals surface area contributed by atoms with Gasteiger partial charge in [-0.25, -0.2) is 0 Å². The van der Waals surface area contributed by atoms with Crippen LogP contribution < -0.4 is 14.8 Å². The number of hydrogen-bond acceptors (Lipinski definition) is 3. The molecule has 1 aromatic carbocycles. The molecule has 2 rings (SSSR count). The molecule has 2 unspecified atom stereocenters. The molecule has 1 N–H and O–H groups in total. The lowest BCUT2D eigenvalue weighted by molar-refractivity contribution is 0.228. The first-order valence-corrected chi connectivity index (χ1v) is 7.81. The van der Waals surface area contributed by atoms with Gasteiger partial charge in [0.2, 0.25) is 0 Å². The summed E-state index contributed by atoms with van der Waals surface area (Å²) in [6, 6.07) is 6.75. The summed E-state index contributed by atoms with van der Waals surface area (Å²) in [5.41, 5.74) is 1.29. The van der Waals surface area contributed by atoms with Crippen LogP contribution in [0.15, 0.2) is 18.2 Å². The third kappa shape index (κ3) is 3.89. The summed E-state index contributed by atoms with van der Waals surface area (Å²) in [5, 5.41) is 3.41. The molecule has 0 bridgehead atoms. The lowest BCUT2D eigenvalue weighted by Crippen LogP contribution is -2.16. The van der Waals surface area contributed by atoms with Crippen LogP contribution in [-0.2, 0) is 0 Å². The van der Waals surface area contributed by atoms with Crippen LogP contribution in [0, 0.1) is 5.92 Å². The van der Waals surface area contributed by atoms with Gasteiger partial charge in [-0.2, -0.15) is 0 Å². The van der Waals surface area contributed by atoms with Crippen LogP contribution in [0.1, 0.15) is 51.1 Å². The number of nitrogens with one attached hydrogen (secondary N) is 1. The number of ether oxygens (including phenoxy) is 2. The molecule has 0 radical (unpaired) electrons. The highest BCUT2D eigenvalue weighted by Crippen LogP contribution is 2.34. The van der Waals surface area contributed by atoms with Gasteiger partial charge in [-0.3, -0.25) is 0 Å². The van der Waals surface area contributed by atoms with Crippen molar-refractivity contribution in [3.05, 3.63) is 23.8 Å². The van der Waals surface area contributed by atoms with Crippen molar-refractivity contribution in [1.82, 2.24) is 5.32 Å². The maximum Gasteiger partial charge on any atom is 0.161 e. The minimum absolute atomic E-state index is 0.399. The lowest BCUT2D eigenvalue weighted by Gasteiger charge is -2.18. The Morgan fingerprint density at radius 1 is 1.20 bits per heavy atom. The standard InChI is InChI=1S/C17H27NO2/c1-4-5-6-7-15(18-3)14-8-9-16-17(10-14)20-12-13(2)11-19-16/h8-10,13,15,18H,4-7,11-12H2,1-3H3. The van der Waals surface area contributed by atoms with Crippen molar-refractivity contribution < 1.29 is 9.47 Å². The molecule has 0 saturated carbocycles. The molecule has 0 aromatic heterocycles. The van der Waals surface area contributed by atoms with Gasteiger partial charge in [0.05, 0.1) is 13.2 Å². The third-order valence-corrected chi connectivity index (χ3v) is 3.86. The van der Waals surface area contributed by atoms with E-state index in [4.69, 9.17) is 9.47 Å². The molecule has 1 aliphatic heterocycles. The highest BCUT2D eigenvalue weighted by molar-refractivity contribution is 5.44. The highest BCUT2D eigenvalue weighted by atomic mass is 16.5. The molecule has 112 valence electrons. The van der Waals surface area contributed by atoms with E-state index in [1.807, 2.05) is 13.1 Å². The van der Waals surface area contributed by atoms with Gasteiger partial charge in [0.1, 0.15) is 0 Å². The molecule has 3 heteroatoms. The van der Waals surface area contributed by atoms with Crippen LogP contribution in [0.5, 0.6) is 11.5 Å². The van der Waals surface area contributed by atoms with Crippen LogP contribution in [0.25, 0.3) is 0 Å². The Balaban J connectivity index is 2.08. The summed E-state index contributed by atoms with van der Waals surface area (Å²) in [5.74, 6) is 2.21. The fourth-order valence-corrected chi connectivity index (χ4v) is 2.56. The van der Waals surface area contributed by atoms with E-state index in [2.05, 4.69) is 31.3 Å². The van der Waals surface area contributed by atoms with E-state index in [1.54, 1.807) is 0 Å². The first kappa shape index (κ1) is 15.2. The molecule has 0 aliphatic carbocycles. The van der Waals surface area contributed by atoms with Gasteiger partial charge in [-0.05, 0) is 31.2 Å². The molecule has 1 aromatic rings. The van der Waals surface area contributed by atoms with E-state index in [9.17, 15) is 0 Å². The molecule has 3 nitrogen and oxygen atoms in total. The van der Waals surface area contributed by atoms with Crippen molar-refractivity contribution in [2.24, 2.45) is 5.92 Å². The predicted molar refractivity (Wildman–Crippen MR) is 82.5 cm³/mol. The zero-order valence-electron chi connectivity index (χ0n) is 12.9. The van der Waals surface area contributed by atoms with Crippen LogP contribution in [0.4, 0.5) is 0 Å². The topological polar surface area (TPSA) is 30.5 Å². The SMILES string of the molecule is CCCCCC(NC)c1ccc2c(c1)OCC(C)CO2. The van der Waals surface area contributed by atoms with Gasteiger partial charge in [0.25, 0.3) is 0 Å². The molecule has 0 spiro atoms. The van der Waals surface area contributed by atoms with Crippen molar-refractivity contribution in [2.45, 2.75) is 45.6 Å². The number of rotatable bonds is 6. The van der Waals surface area contributed by atoms with Crippen LogP contribution in [0.2, 0.25) is 0 Å². The number of hydrogen-bond donors (Lipinski definition) is 1. The van der Waals surface area contributed by atoms with Gasteiger partial charge in [-0.15, -0.1) is 0 Å². The van der Waals surface area contributed by atoms with E-state index in [0.29, 0.717) is 12.0 Å². The van der Waals surface area contributed by atoms with Crippen molar-refractivity contribution in [1.29, 1.82) is 0 Å². The van der Waals surface area contributed by atoms with Crippen molar-refractivity contribution >= 4 is 0 Å². The van der Waals surface area contributed by atoms with Crippen LogP contribution >= 0.6 is 0 Å². The third-order valence-electron chi connectivity index (χ3n) is 3.86. The number of benzene rings is 1. The maximum absolute atomic E-state index is 5.87. The summed E-state index contributed by atoms with van der Waals surface area (Å²) in [7, 11) is 2.03. The van der Waals surface area contributed by atoms with E-state index in [0.717, 1.165) is 24.7 Å². The zero-order chi connectivity index (χ0) is 14.4. The fourth-order valence-electron chi connectivity index (χ4n) is 2.56. The van der Waals surface area contributed by atoms with Gasteiger partial charge >= 0.3 is 0 Å². The molecule has 0 saturated heterocycles. The monoisotopic (exact) mass is 277 g/mol. The first-order valence-electron chi connectivity index (χ1n) is 7.81. The Morgan fingerprint density at radius 3 is 2.65 bits per heavy atom. The normalized spacial score (nSPS) is 19.4. The summed E-state index contributed by atoms with van der Waals surface area (Å²) in [6.45, 7) is 5.85. The summed E-state index contributed by atoms with van der Waals surface area (Å²) in [4.78, 5) is 0. The van der Waals surface area contributed by atoms with Crippen LogP contribution in [-0.4, -0.2) is 20.3 Å². The Morgan fingerprint density at radius 2 is 1.95 bits per heavy atom. The van der Waals surface area contributed by atoms with Crippen molar-refractivity contribution in [3.63, 3.8) is 0 Å². The van der Waals surface area contributed by atoms with E-state index in [-0.39, 0.29) is 0 Å². The highest BCUT2D eigenvalue weighted by Gasteiger charge is 2.17. The largest absolute Gasteiger partial charge is 0.489 e. The van der Waals surface area contributed by atoms with Gasteiger partial charge < -0.3 is 14.8 Å². The van der Waals surface area contributed by atoms with E-state index >= 15 is 0 Å². The lowest BCUT2D eigenvalue weighted by atomic mass is 10.00. The smallest absolute Gasteiger partial charge is 0.161 e. The van der Waals surface area contributed by atoms with Gasteiger partial charge in [0.15, 0.2) is 11.5 Å². The average Bonchev–Trinajstić information content (AvgIpc) is 2.65. The Hall–Kier alpha value is -1.22. The van der Waals surface area contributed by atoms with Crippen molar-refractivity contribution in [2.75, 3.05) is 20.3 Å². The second-order valence-electron chi connectivity index (χ2n) is 5.77. The van der Waals surface area contributed by atoms with Crippen molar-refractivity contribution in [3.8, 4) is 11.5 Å². The summed E-state index contributed by atoms with van der Waals surface area (Å²) >= 11 is 0. The van der Waals surface area contributed by atoms with Gasteiger partial charge in [0, 0.05) is 12.0 Å². The minimum atomic E-state index is 0.399. The van der Waals surface area contributed by atoms with E-state index in [1.165, 1.54) is 31.2 Å². The second-order valence-corrected chi connectivity index (χ2v) is 5.77. The Kier molecular flexibility index (Phi) is 5.72. The molecule has 0 fully saturated rings. The number of unbranched alkanes of at least 4 members (excludes halogenated alkanes) is 2. The molecule has 2 atom stereocenters. The molecule has 1 aliphatic rings. The Bertz CT molecular complexity index is 419. The fraction of sp³-hybridized carbons (Fsp3) is 0.647. The Labute approximate surface area is 122 Å². The maximum atomic E-state index is 5.87. The molecular weight excluding hydrogens is 250 g/mol. The zero-order valence-corrected chi connectivity index (χ0v) is 12.9. The molecule has 0 amide bonds. The number of fused-ring (bicyclic) bond motifs is 1. The summed E-state index contributed by atoms with van der Waals surface area (Å²) < 4.78 is 11.7. The predicted octanol–water partition coefficient (Wildman–Crippen LogP) is 3.93. The second kappa shape index (κ2) is 7.53. The summed E-state index contributed by atoms with van der Waals surface area (Å²) in [6.07, 6.45) is 4.98. The average molecular weight is 277 g/mol. The van der Waals surface area contributed by atoms with Crippen LogP contribution in [0.3, 0.4) is 0 Å². The molecular formula is C17H27NO2. The van der Waals surface area contributed by atoms with Gasteiger partial charge in [-0.1, -0.05) is 39.2 Å². The first-order chi connectivity index (χ1) is 9.74. The van der Waals surface area contributed by atoms with E-state index < -0.39 is 0 Å².